The number of hydrogen-bond acceptors (Lipinski definition) is 7. The van der Waals surface area contributed by atoms with Gasteiger partial charge in [-0.05, 0) is 37.5 Å². The van der Waals surface area contributed by atoms with E-state index in [9.17, 15) is 4.79 Å². The number of ether oxygens (including phenoxy) is 1. The Bertz CT molecular complexity index is 1110. The lowest BCUT2D eigenvalue weighted by Gasteiger charge is -2.23. The lowest BCUT2D eigenvalue weighted by atomic mass is 9.98. The number of nitrogens with one attached hydrogen (secondary N) is 1. The number of carbonyl (C=O) groups is 1. The molecule has 1 aliphatic heterocycles. The smallest absolute Gasteiger partial charge is 0.268 e. The van der Waals surface area contributed by atoms with E-state index in [1.54, 1.807) is 23.0 Å². The Balaban J connectivity index is 1.77. The normalized spacial score (nSPS) is 15.5. The molecule has 0 radical (unpaired) electrons. The van der Waals surface area contributed by atoms with E-state index in [1.807, 2.05) is 25.1 Å². The van der Waals surface area contributed by atoms with E-state index >= 15 is 0 Å². The molecule has 4 rings (SSSR count). The molecule has 0 saturated carbocycles. The summed E-state index contributed by atoms with van der Waals surface area (Å²) in [5, 5.41) is 3.97. The van der Waals surface area contributed by atoms with Gasteiger partial charge in [-0.1, -0.05) is 23.7 Å². The molecule has 2 aromatic heterocycles. The minimum atomic E-state index is -0.626. The third-order valence-corrected chi connectivity index (χ3v) is 5.75. The molecular weight excluding hydrogens is 430 g/mol. The van der Waals surface area contributed by atoms with Gasteiger partial charge in [0, 0.05) is 48.8 Å². The third kappa shape index (κ3) is 4.74. The van der Waals surface area contributed by atoms with Crippen LogP contribution in [0.5, 0.6) is 0 Å². The van der Waals surface area contributed by atoms with Gasteiger partial charge in [0.25, 0.3) is 5.91 Å². The number of amides is 1. The topological polar surface area (TPSA) is 134 Å². The number of aromatic nitrogens is 4. The number of nitrogens with zero attached hydrogens (tertiary/aromatic N) is 4. The molecule has 1 amide bonds. The molecule has 32 heavy (non-hydrogen) atoms. The molecule has 168 valence electrons. The Morgan fingerprint density at radius 2 is 2.12 bits per heavy atom. The minimum Gasteiger partial charge on any atom is -0.381 e. The largest absolute Gasteiger partial charge is 0.381 e. The first-order valence-corrected chi connectivity index (χ1v) is 10.9. The second kappa shape index (κ2) is 9.64. The van der Waals surface area contributed by atoms with E-state index in [4.69, 9.17) is 32.8 Å². The fraction of sp³-hybridized carbons (Fsp3) is 0.364. The van der Waals surface area contributed by atoms with E-state index < -0.39 is 5.91 Å². The van der Waals surface area contributed by atoms with Crippen LogP contribution < -0.4 is 16.8 Å². The number of imidazole rings is 1. The molecule has 1 unspecified atom stereocenters. The summed E-state index contributed by atoms with van der Waals surface area (Å²) in [5.74, 6) is 0.722. The van der Waals surface area contributed by atoms with Crippen LogP contribution in [0.25, 0.3) is 5.82 Å². The van der Waals surface area contributed by atoms with Crippen LogP contribution in [0, 0.1) is 6.92 Å². The Morgan fingerprint density at radius 3 is 2.81 bits per heavy atom. The van der Waals surface area contributed by atoms with E-state index in [-0.39, 0.29) is 24.2 Å². The van der Waals surface area contributed by atoms with Gasteiger partial charge in [0.2, 0.25) is 5.95 Å². The number of anilines is 1. The van der Waals surface area contributed by atoms with Gasteiger partial charge in [0.15, 0.2) is 0 Å². The van der Waals surface area contributed by atoms with Crippen molar-refractivity contribution >= 4 is 23.5 Å². The van der Waals surface area contributed by atoms with Crippen molar-refractivity contribution in [2.75, 3.05) is 25.1 Å². The summed E-state index contributed by atoms with van der Waals surface area (Å²) in [4.78, 5) is 25.6. The van der Waals surface area contributed by atoms with Crippen LogP contribution in [-0.4, -0.2) is 51.2 Å². The maximum atomic E-state index is 12.0. The fourth-order valence-corrected chi connectivity index (χ4v) is 4.01. The van der Waals surface area contributed by atoms with Crippen molar-refractivity contribution in [2.24, 2.45) is 11.5 Å². The second-order valence-corrected chi connectivity index (χ2v) is 8.23. The van der Waals surface area contributed by atoms with Gasteiger partial charge in [-0.3, -0.25) is 9.36 Å². The Labute approximate surface area is 191 Å². The Hall–Kier alpha value is -3.01. The predicted molar refractivity (Wildman–Crippen MR) is 122 cm³/mol. The van der Waals surface area contributed by atoms with Gasteiger partial charge in [0.1, 0.15) is 17.3 Å². The average Bonchev–Trinajstić information content (AvgIpc) is 3.22. The molecule has 3 heterocycles. The van der Waals surface area contributed by atoms with Gasteiger partial charge in [-0.15, -0.1) is 0 Å². The van der Waals surface area contributed by atoms with Crippen LogP contribution in [0.2, 0.25) is 5.02 Å². The lowest BCUT2D eigenvalue weighted by Crippen LogP contribution is -2.29. The number of nitrogens with two attached hydrogens (primary N) is 2. The van der Waals surface area contributed by atoms with Crippen LogP contribution in [0.4, 0.5) is 5.95 Å². The first kappa shape index (κ1) is 22.2. The van der Waals surface area contributed by atoms with Crippen molar-refractivity contribution in [3.8, 4) is 5.82 Å². The molecule has 1 atom stereocenters. The predicted octanol–water partition coefficient (Wildman–Crippen LogP) is 2.40. The van der Waals surface area contributed by atoms with Crippen molar-refractivity contribution in [3.05, 3.63) is 64.3 Å². The van der Waals surface area contributed by atoms with E-state index in [1.165, 1.54) is 0 Å². The van der Waals surface area contributed by atoms with Crippen molar-refractivity contribution in [1.82, 2.24) is 19.5 Å². The summed E-state index contributed by atoms with van der Waals surface area (Å²) in [7, 11) is 0. The Kier molecular flexibility index (Phi) is 6.69. The summed E-state index contributed by atoms with van der Waals surface area (Å²) in [6, 6.07) is 7.66. The molecule has 5 N–H and O–H groups in total. The van der Waals surface area contributed by atoms with Gasteiger partial charge in [0.05, 0.1) is 5.92 Å². The average molecular weight is 456 g/mol. The van der Waals surface area contributed by atoms with Crippen LogP contribution in [0.1, 0.15) is 46.2 Å². The number of carbonyl (C=O) groups excluding carboxylic acids is 1. The van der Waals surface area contributed by atoms with Crippen molar-refractivity contribution in [2.45, 2.75) is 31.7 Å². The van der Waals surface area contributed by atoms with Crippen molar-refractivity contribution < 1.29 is 9.53 Å². The van der Waals surface area contributed by atoms with Gasteiger partial charge >= 0.3 is 0 Å². The minimum absolute atomic E-state index is 0.137. The van der Waals surface area contributed by atoms with E-state index in [0.29, 0.717) is 35.8 Å². The van der Waals surface area contributed by atoms with Gasteiger partial charge in [-0.2, -0.15) is 4.98 Å². The van der Waals surface area contributed by atoms with Crippen LogP contribution in [-0.2, 0) is 4.74 Å². The number of rotatable bonds is 7. The molecule has 1 aliphatic rings. The molecule has 1 saturated heterocycles. The fourth-order valence-electron chi connectivity index (χ4n) is 3.81. The lowest BCUT2D eigenvalue weighted by molar-refractivity contribution is 0.0903. The van der Waals surface area contributed by atoms with E-state index in [2.05, 4.69) is 15.3 Å². The number of halogens is 1. The van der Waals surface area contributed by atoms with Crippen LogP contribution in [0.3, 0.4) is 0 Å². The third-order valence-electron chi connectivity index (χ3n) is 5.51. The van der Waals surface area contributed by atoms with Crippen molar-refractivity contribution in [1.29, 1.82) is 0 Å². The van der Waals surface area contributed by atoms with E-state index in [0.717, 1.165) is 24.0 Å². The highest BCUT2D eigenvalue weighted by molar-refractivity contribution is 6.30. The standard InChI is InChI=1S/C22H26ClN7O2/c1-13-11-26-22(27-16-5-7-32-8-6-16)29-20(13)30-12-18(19(25)31)28-21(30)17(10-24)14-3-2-4-15(23)9-14/h2-4,9,11-12,16-17H,5-8,10,24H2,1H3,(H2,25,31)(H,26,27,29). The molecule has 10 heteroatoms. The number of hydrogen-bond donors (Lipinski definition) is 3. The molecule has 9 nitrogen and oxygen atoms in total. The molecule has 0 aliphatic carbocycles. The van der Waals surface area contributed by atoms with Crippen molar-refractivity contribution in [3.63, 3.8) is 0 Å². The number of aryl methyl sites for hydroxylation is 1. The summed E-state index contributed by atoms with van der Waals surface area (Å²) in [5.41, 5.74) is 13.5. The van der Waals surface area contributed by atoms with Crippen LogP contribution >= 0.6 is 11.6 Å². The summed E-state index contributed by atoms with van der Waals surface area (Å²) in [6.07, 6.45) is 5.12. The molecule has 1 aromatic carbocycles. The SMILES string of the molecule is Cc1cnc(NC2CCOCC2)nc1-n1cc(C(N)=O)nc1C(CN)c1cccc(Cl)c1. The summed E-state index contributed by atoms with van der Waals surface area (Å²) in [6.45, 7) is 3.58. The first-order chi connectivity index (χ1) is 15.5. The Morgan fingerprint density at radius 1 is 1.34 bits per heavy atom. The maximum absolute atomic E-state index is 12.0. The first-order valence-electron chi connectivity index (χ1n) is 10.5. The zero-order chi connectivity index (χ0) is 22.7. The zero-order valence-corrected chi connectivity index (χ0v) is 18.5. The molecule has 0 bridgehead atoms. The quantitative estimate of drug-likeness (QED) is 0.498. The maximum Gasteiger partial charge on any atom is 0.268 e. The van der Waals surface area contributed by atoms with Gasteiger partial charge in [-0.25, -0.2) is 9.97 Å². The zero-order valence-electron chi connectivity index (χ0n) is 17.8. The highest BCUT2D eigenvalue weighted by atomic mass is 35.5. The molecule has 3 aromatic rings. The number of primary amides is 1. The second-order valence-electron chi connectivity index (χ2n) is 7.79. The molecular formula is C22H26ClN7O2. The van der Waals surface area contributed by atoms with Crippen LogP contribution in [0.15, 0.2) is 36.7 Å². The number of benzene rings is 1. The summed E-state index contributed by atoms with van der Waals surface area (Å²) >= 11 is 6.20. The monoisotopic (exact) mass is 455 g/mol. The molecule has 0 spiro atoms. The summed E-state index contributed by atoms with van der Waals surface area (Å²) < 4.78 is 7.19. The highest BCUT2D eigenvalue weighted by Crippen LogP contribution is 2.28. The van der Waals surface area contributed by atoms with Gasteiger partial charge < -0.3 is 21.5 Å². The highest BCUT2D eigenvalue weighted by Gasteiger charge is 2.24. The molecule has 1 fully saturated rings.